The molecule has 7 nitrogen and oxygen atoms in total. The first-order valence-electron chi connectivity index (χ1n) is 8.29. The van der Waals surface area contributed by atoms with Crippen molar-refractivity contribution in [2.45, 2.75) is 19.3 Å². The minimum atomic E-state index is -4.74. The normalized spacial score (nSPS) is 16.0. The summed E-state index contributed by atoms with van der Waals surface area (Å²) in [6.07, 6.45) is -2.30. The number of piperazine rings is 1. The van der Waals surface area contributed by atoms with Crippen LogP contribution < -0.4 is 4.90 Å². The molecule has 0 radical (unpaired) electrons. The molecule has 0 spiro atoms. The van der Waals surface area contributed by atoms with E-state index in [4.69, 9.17) is 0 Å². The Kier molecular flexibility index (Phi) is 5.49. The Morgan fingerprint density at radius 2 is 1.86 bits per heavy atom. The van der Waals surface area contributed by atoms with Crippen molar-refractivity contribution in [3.05, 3.63) is 52.1 Å². The smallest absolute Gasteiger partial charge is 0.368 e. The van der Waals surface area contributed by atoms with E-state index in [0.29, 0.717) is 19.2 Å². The highest BCUT2D eigenvalue weighted by molar-refractivity contribution is 5.59. The molecule has 1 fully saturated rings. The average molecular weight is 405 g/mol. The van der Waals surface area contributed by atoms with Crippen molar-refractivity contribution in [3.63, 3.8) is 0 Å². The summed E-state index contributed by atoms with van der Waals surface area (Å²) in [4.78, 5) is 17.1. The van der Waals surface area contributed by atoms with Gasteiger partial charge in [0, 0.05) is 56.4 Å². The highest BCUT2D eigenvalue weighted by Gasteiger charge is 2.37. The lowest BCUT2D eigenvalue weighted by molar-refractivity contribution is -0.385. The minimum Gasteiger partial charge on any atom is -0.368 e. The zero-order valence-corrected chi connectivity index (χ0v) is 14.4. The second kappa shape index (κ2) is 7.70. The molecule has 28 heavy (non-hydrogen) atoms. The SMILES string of the molecule is O=[N+]([O-])c1ccc(N2CCN(Cc3nccn3C(F)F)CC2)c(C(F)(F)F)c1. The van der Waals surface area contributed by atoms with Gasteiger partial charge in [-0.25, -0.2) is 4.98 Å². The van der Waals surface area contributed by atoms with Crippen molar-refractivity contribution >= 4 is 11.4 Å². The molecule has 0 N–H and O–H groups in total. The van der Waals surface area contributed by atoms with E-state index < -0.39 is 28.9 Å². The number of hydrogen-bond acceptors (Lipinski definition) is 5. The van der Waals surface area contributed by atoms with Gasteiger partial charge in [0.05, 0.1) is 17.0 Å². The number of anilines is 1. The summed E-state index contributed by atoms with van der Waals surface area (Å²) < 4.78 is 66.6. The summed E-state index contributed by atoms with van der Waals surface area (Å²) in [5.74, 6) is 0.176. The fourth-order valence-electron chi connectivity index (χ4n) is 3.13. The zero-order valence-electron chi connectivity index (χ0n) is 14.4. The third kappa shape index (κ3) is 4.21. The van der Waals surface area contributed by atoms with E-state index in [9.17, 15) is 32.1 Å². The first-order valence-corrected chi connectivity index (χ1v) is 8.29. The van der Waals surface area contributed by atoms with Gasteiger partial charge in [-0.1, -0.05) is 0 Å². The quantitative estimate of drug-likeness (QED) is 0.433. The lowest BCUT2D eigenvalue weighted by atomic mass is 10.1. The molecular formula is C16H16F5N5O2. The number of alkyl halides is 5. The molecule has 0 atom stereocenters. The predicted octanol–water partition coefficient (Wildman–Crippen LogP) is 3.53. The van der Waals surface area contributed by atoms with Gasteiger partial charge < -0.3 is 4.90 Å². The molecule has 3 rings (SSSR count). The Hall–Kier alpha value is -2.76. The number of rotatable bonds is 5. The van der Waals surface area contributed by atoms with Gasteiger partial charge in [-0.2, -0.15) is 22.0 Å². The molecule has 2 heterocycles. The predicted molar refractivity (Wildman–Crippen MR) is 89.1 cm³/mol. The number of halogens is 5. The van der Waals surface area contributed by atoms with Crippen LogP contribution in [0.3, 0.4) is 0 Å². The second-order valence-corrected chi connectivity index (χ2v) is 6.25. The van der Waals surface area contributed by atoms with Crippen molar-refractivity contribution in [2.24, 2.45) is 0 Å². The molecule has 1 aromatic heterocycles. The van der Waals surface area contributed by atoms with Crippen LogP contribution in [0.2, 0.25) is 0 Å². The fraction of sp³-hybridized carbons (Fsp3) is 0.438. The molecule has 0 aliphatic carbocycles. The second-order valence-electron chi connectivity index (χ2n) is 6.25. The molecule has 0 unspecified atom stereocenters. The van der Waals surface area contributed by atoms with Crippen molar-refractivity contribution < 1.29 is 26.9 Å². The van der Waals surface area contributed by atoms with Crippen LogP contribution in [-0.4, -0.2) is 45.6 Å². The molecule has 0 bridgehead atoms. The molecule has 0 amide bonds. The van der Waals surface area contributed by atoms with E-state index in [2.05, 4.69) is 4.98 Å². The largest absolute Gasteiger partial charge is 0.418 e. The summed E-state index contributed by atoms with van der Waals surface area (Å²) >= 11 is 0. The Bertz CT molecular complexity index is 846. The van der Waals surface area contributed by atoms with Crippen molar-refractivity contribution in [3.8, 4) is 0 Å². The number of benzene rings is 1. The van der Waals surface area contributed by atoms with Crippen LogP contribution in [-0.2, 0) is 12.7 Å². The molecule has 2 aromatic rings. The van der Waals surface area contributed by atoms with Crippen molar-refractivity contribution in [2.75, 3.05) is 31.1 Å². The van der Waals surface area contributed by atoms with Crippen molar-refractivity contribution in [1.29, 1.82) is 0 Å². The van der Waals surface area contributed by atoms with Crippen LogP contribution in [0.5, 0.6) is 0 Å². The topological polar surface area (TPSA) is 67.4 Å². The highest BCUT2D eigenvalue weighted by Crippen LogP contribution is 2.39. The van der Waals surface area contributed by atoms with Crippen LogP contribution in [0.25, 0.3) is 0 Å². The number of nitro groups is 1. The molecule has 1 aliphatic rings. The summed E-state index contributed by atoms with van der Waals surface area (Å²) in [5, 5.41) is 10.8. The van der Waals surface area contributed by atoms with Crippen molar-refractivity contribution in [1.82, 2.24) is 14.5 Å². The maximum absolute atomic E-state index is 13.4. The van der Waals surface area contributed by atoms with Gasteiger partial charge in [0.15, 0.2) is 0 Å². The average Bonchev–Trinajstić information content (AvgIpc) is 3.09. The van der Waals surface area contributed by atoms with Gasteiger partial charge in [0.25, 0.3) is 5.69 Å². The van der Waals surface area contributed by atoms with Crippen LogP contribution >= 0.6 is 0 Å². The molecular weight excluding hydrogens is 389 g/mol. The van der Waals surface area contributed by atoms with Gasteiger partial charge in [-0.3, -0.25) is 19.6 Å². The zero-order chi connectivity index (χ0) is 20.5. The number of aromatic nitrogens is 2. The molecule has 0 saturated carbocycles. The fourth-order valence-corrected chi connectivity index (χ4v) is 3.13. The van der Waals surface area contributed by atoms with E-state index in [-0.39, 0.29) is 31.1 Å². The van der Waals surface area contributed by atoms with Gasteiger partial charge in [-0.05, 0) is 6.07 Å². The lowest BCUT2D eigenvalue weighted by Gasteiger charge is -2.37. The number of imidazole rings is 1. The van der Waals surface area contributed by atoms with E-state index in [1.54, 1.807) is 0 Å². The molecule has 1 saturated heterocycles. The lowest BCUT2D eigenvalue weighted by Crippen LogP contribution is -2.46. The maximum atomic E-state index is 13.4. The number of non-ortho nitro benzene ring substituents is 1. The third-order valence-electron chi connectivity index (χ3n) is 4.53. The maximum Gasteiger partial charge on any atom is 0.418 e. The van der Waals surface area contributed by atoms with Gasteiger partial charge in [-0.15, -0.1) is 0 Å². The Balaban J connectivity index is 1.72. The van der Waals surface area contributed by atoms with Gasteiger partial charge >= 0.3 is 12.7 Å². The summed E-state index contributed by atoms with van der Waals surface area (Å²) in [7, 11) is 0. The van der Waals surface area contributed by atoms with E-state index in [0.717, 1.165) is 16.7 Å². The third-order valence-corrected chi connectivity index (χ3v) is 4.53. The van der Waals surface area contributed by atoms with Gasteiger partial charge in [0.1, 0.15) is 5.82 Å². The monoisotopic (exact) mass is 405 g/mol. The van der Waals surface area contributed by atoms with Crippen LogP contribution in [0, 0.1) is 10.1 Å². The van der Waals surface area contributed by atoms with Crippen LogP contribution in [0.1, 0.15) is 17.9 Å². The van der Waals surface area contributed by atoms with Crippen LogP contribution in [0.15, 0.2) is 30.6 Å². The number of nitrogens with zero attached hydrogens (tertiary/aromatic N) is 5. The first kappa shape index (κ1) is 20.0. The molecule has 1 aliphatic heterocycles. The standard InChI is InChI=1S/C16H16F5N5O2/c17-15(18)25-4-3-22-14(25)10-23-5-7-24(8-6-23)13-2-1-11(26(27)28)9-12(13)16(19,20)21/h1-4,9,15H,5-8,10H2. The van der Waals surface area contributed by atoms with E-state index in [1.807, 2.05) is 4.90 Å². The van der Waals surface area contributed by atoms with E-state index >= 15 is 0 Å². The first-order chi connectivity index (χ1) is 13.2. The number of nitro benzene ring substituents is 1. The molecule has 152 valence electrons. The minimum absolute atomic E-state index is 0.133. The molecule has 12 heteroatoms. The van der Waals surface area contributed by atoms with Crippen LogP contribution in [0.4, 0.5) is 33.3 Å². The molecule has 1 aromatic carbocycles. The Morgan fingerprint density at radius 3 is 2.43 bits per heavy atom. The number of hydrogen-bond donors (Lipinski definition) is 0. The summed E-state index contributed by atoms with van der Waals surface area (Å²) in [6.45, 7) is -1.45. The summed E-state index contributed by atoms with van der Waals surface area (Å²) in [6, 6.07) is 2.66. The highest BCUT2D eigenvalue weighted by atomic mass is 19.4. The van der Waals surface area contributed by atoms with E-state index in [1.165, 1.54) is 17.3 Å². The summed E-state index contributed by atoms with van der Waals surface area (Å²) in [5.41, 5.74) is -1.83. The van der Waals surface area contributed by atoms with Gasteiger partial charge in [0.2, 0.25) is 0 Å². The Morgan fingerprint density at radius 1 is 1.18 bits per heavy atom. The Labute approximate surface area is 156 Å².